The van der Waals surface area contributed by atoms with E-state index in [9.17, 15) is 4.79 Å². The molecular weight excluding hydrogens is 382 g/mol. The molecule has 1 amide bonds. The molecule has 2 aromatic heterocycles. The molecule has 0 atom stereocenters. The van der Waals surface area contributed by atoms with E-state index in [-0.39, 0.29) is 5.91 Å². The highest BCUT2D eigenvalue weighted by Gasteiger charge is 2.27. The smallest absolute Gasteiger partial charge is 0.253 e. The second-order valence-electron chi connectivity index (χ2n) is 8.10. The number of hydrogen-bond acceptors (Lipinski definition) is 3. The third kappa shape index (κ3) is 3.79. The van der Waals surface area contributed by atoms with E-state index in [2.05, 4.69) is 58.2 Å². The summed E-state index contributed by atoms with van der Waals surface area (Å²) in [5.74, 6) is 1.18. The SMILES string of the molecule is Cc1cc(C(=O)NCc2n[nH]c(=S)n2C2CC2)c(C)n1-c1ccc(C(C)C)cc1. The maximum atomic E-state index is 12.9. The Bertz CT molecular complexity index is 1100. The van der Waals surface area contributed by atoms with Crippen LogP contribution in [0.3, 0.4) is 0 Å². The zero-order valence-corrected chi connectivity index (χ0v) is 18.1. The highest BCUT2D eigenvalue weighted by Crippen LogP contribution is 2.35. The summed E-state index contributed by atoms with van der Waals surface area (Å²) < 4.78 is 4.77. The van der Waals surface area contributed by atoms with Crippen LogP contribution in [0.15, 0.2) is 30.3 Å². The van der Waals surface area contributed by atoms with E-state index >= 15 is 0 Å². The number of rotatable bonds is 6. The number of H-pyrrole nitrogens is 1. The summed E-state index contributed by atoms with van der Waals surface area (Å²) in [7, 11) is 0. The Morgan fingerprint density at radius 1 is 1.28 bits per heavy atom. The van der Waals surface area contributed by atoms with Gasteiger partial charge in [0.1, 0.15) is 0 Å². The van der Waals surface area contributed by atoms with E-state index in [1.807, 2.05) is 24.5 Å². The highest BCUT2D eigenvalue weighted by atomic mass is 32.1. The van der Waals surface area contributed by atoms with Crippen molar-refractivity contribution in [2.24, 2.45) is 0 Å². The second-order valence-corrected chi connectivity index (χ2v) is 8.48. The largest absolute Gasteiger partial charge is 0.345 e. The van der Waals surface area contributed by atoms with Crippen LogP contribution in [-0.4, -0.2) is 25.2 Å². The van der Waals surface area contributed by atoms with E-state index in [1.165, 1.54) is 5.56 Å². The van der Waals surface area contributed by atoms with Gasteiger partial charge in [0.15, 0.2) is 10.6 Å². The van der Waals surface area contributed by atoms with Gasteiger partial charge in [-0.15, -0.1) is 0 Å². The van der Waals surface area contributed by atoms with Crippen molar-refractivity contribution >= 4 is 18.1 Å². The first-order valence-electron chi connectivity index (χ1n) is 10.1. The van der Waals surface area contributed by atoms with Gasteiger partial charge in [-0.1, -0.05) is 26.0 Å². The van der Waals surface area contributed by atoms with Crippen LogP contribution in [0.25, 0.3) is 5.69 Å². The Balaban J connectivity index is 1.54. The molecule has 1 aliphatic rings. The third-order valence-corrected chi connectivity index (χ3v) is 5.88. The quantitative estimate of drug-likeness (QED) is 0.578. The second kappa shape index (κ2) is 7.63. The molecule has 1 saturated carbocycles. The van der Waals surface area contributed by atoms with Crippen LogP contribution in [0.4, 0.5) is 0 Å². The first-order valence-corrected chi connectivity index (χ1v) is 10.5. The van der Waals surface area contributed by atoms with Crippen LogP contribution in [-0.2, 0) is 6.54 Å². The number of carbonyl (C=O) groups is 1. The van der Waals surface area contributed by atoms with Crippen molar-refractivity contribution in [2.45, 2.75) is 59.0 Å². The predicted octanol–water partition coefficient (Wildman–Crippen LogP) is 4.74. The number of hydrogen-bond donors (Lipinski definition) is 2. The molecule has 0 spiro atoms. The Labute approximate surface area is 176 Å². The number of benzene rings is 1. The van der Waals surface area contributed by atoms with Crippen LogP contribution in [0, 0.1) is 18.6 Å². The van der Waals surface area contributed by atoms with Gasteiger partial charge in [0.05, 0.1) is 12.1 Å². The van der Waals surface area contributed by atoms with Crippen molar-refractivity contribution in [3.63, 3.8) is 0 Å². The van der Waals surface area contributed by atoms with Crippen molar-refractivity contribution in [1.82, 2.24) is 24.6 Å². The minimum Gasteiger partial charge on any atom is -0.345 e. The Kier molecular flexibility index (Phi) is 5.17. The van der Waals surface area contributed by atoms with E-state index in [0.717, 1.165) is 35.7 Å². The number of nitrogens with one attached hydrogen (secondary N) is 2. The summed E-state index contributed by atoms with van der Waals surface area (Å²) in [6.07, 6.45) is 2.23. The van der Waals surface area contributed by atoms with Crippen molar-refractivity contribution in [3.05, 3.63) is 63.4 Å². The fourth-order valence-electron chi connectivity index (χ4n) is 3.82. The lowest BCUT2D eigenvalue weighted by atomic mass is 10.0. The summed E-state index contributed by atoms with van der Waals surface area (Å²) in [5, 5.41) is 10.1. The van der Waals surface area contributed by atoms with E-state index < -0.39 is 0 Å². The van der Waals surface area contributed by atoms with Crippen LogP contribution < -0.4 is 5.32 Å². The van der Waals surface area contributed by atoms with Crippen molar-refractivity contribution in [3.8, 4) is 5.69 Å². The van der Waals surface area contributed by atoms with Crippen molar-refractivity contribution in [2.75, 3.05) is 0 Å². The summed E-state index contributed by atoms with van der Waals surface area (Å²) in [6, 6.07) is 10.9. The number of amides is 1. The standard InChI is InChI=1S/C22H27N5OS/c1-13(2)16-5-7-17(8-6-16)26-14(3)11-19(15(26)4)21(28)23-12-20-24-25-22(29)27(20)18-9-10-18/h5-8,11,13,18H,9-10,12H2,1-4H3,(H,23,28)(H,25,29). The van der Waals surface area contributed by atoms with Gasteiger partial charge in [0.25, 0.3) is 5.91 Å². The minimum atomic E-state index is -0.0978. The van der Waals surface area contributed by atoms with Gasteiger partial charge in [0, 0.05) is 23.1 Å². The van der Waals surface area contributed by atoms with E-state index in [1.54, 1.807) is 0 Å². The zero-order chi connectivity index (χ0) is 20.7. The Morgan fingerprint density at radius 3 is 2.59 bits per heavy atom. The molecule has 0 aliphatic heterocycles. The van der Waals surface area contributed by atoms with E-state index in [0.29, 0.717) is 28.8 Å². The first kappa shape index (κ1) is 19.6. The molecule has 6 nitrogen and oxygen atoms in total. The average Bonchev–Trinajstić information content (AvgIpc) is 3.39. The van der Waals surface area contributed by atoms with Gasteiger partial charge in [-0.25, -0.2) is 0 Å². The molecule has 2 heterocycles. The summed E-state index contributed by atoms with van der Waals surface area (Å²) in [5.41, 5.74) is 5.02. The molecule has 0 radical (unpaired) electrons. The number of aryl methyl sites for hydroxylation is 1. The third-order valence-electron chi connectivity index (χ3n) is 5.59. The number of carbonyl (C=O) groups excluding carboxylic acids is 1. The monoisotopic (exact) mass is 409 g/mol. The number of aromatic amines is 1. The molecule has 7 heteroatoms. The molecule has 2 N–H and O–H groups in total. The zero-order valence-electron chi connectivity index (χ0n) is 17.3. The molecule has 1 aliphatic carbocycles. The lowest BCUT2D eigenvalue weighted by Gasteiger charge is -2.12. The topological polar surface area (TPSA) is 67.6 Å². The predicted molar refractivity (Wildman–Crippen MR) is 116 cm³/mol. The van der Waals surface area contributed by atoms with Gasteiger partial charge in [-0.05, 0) is 68.6 Å². The number of nitrogens with zero attached hydrogens (tertiary/aromatic N) is 3. The molecule has 152 valence electrons. The van der Waals surface area contributed by atoms with Gasteiger partial charge in [-0.3, -0.25) is 14.5 Å². The summed E-state index contributed by atoms with van der Waals surface area (Å²) in [4.78, 5) is 12.9. The van der Waals surface area contributed by atoms with Gasteiger partial charge < -0.3 is 9.88 Å². The Hall–Kier alpha value is -2.67. The average molecular weight is 410 g/mol. The Morgan fingerprint density at radius 2 is 1.97 bits per heavy atom. The number of aromatic nitrogens is 4. The molecule has 29 heavy (non-hydrogen) atoms. The van der Waals surface area contributed by atoms with Crippen LogP contribution in [0.5, 0.6) is 0 Å². The molecule has 1 fully saturated rings. The van der Waals surface area contributed by atoms with Gasteiger partial charge in [0.2, 0.25) is 0 Å². The molecule has 3 aromatic rings. The maximum absolute atomic E-state index is 12.9. The molecular formula is C22H27N5OS. The maximum Gasteiger partial charge on any atom is 0.253 e. The lowest BCUT2D eigenvalue weighted by molar-refractivity contribution is 0.0949. The molecule has 1 aromatic carbocycles. The molecule has 0 bridgehead atoms. The lowest BCUT2D eigenvalue weighted by Crippen LogP contribution is -2.25. The summed E-state index contributed by atoms with van der Waals surface area (Å²) in [6.45, 7) is 8.74. The molecule has 0 unspecified atom stereocenters. The molecule has 4 rings (SSSR count). The minimum absolute atomic E-state index is 0.0978. The fourth-order valence-corrected chi connectivity index (χ4v) is 4.12. The molecule has 0 saturated heterocycles. The van der Waals surface area contributed by atoms with Gasteiger partial charge >= 0.3 is 0 Å². The van der Waals surface area contributed by atoms with Crippen LogP contribution >= 0.6 is 12.2 Å². The van der Waals surface area contributed by atoms with Gasteiger partial charge in [-0.2, -0.15) is 5.10 Å². The summed E-state index contributed by atoms with van der Waals surface area (Å²) >= 11 is 5.31. The normalized spacial score (nSPS) is 13.8. The fraction of sp³-hybridized carbons (Fsp3) is 0.409. The highest BCUT2D eigenvalue weighted by molar-refractivity contribution is 7.71. The van der Waals surface area contributed by atoms with Crippen LogP contribution in [0.1, 0.15) is 71.8 Å². The van der Waals surface area contributed by atoms with Crippen molar-refractivity contribution < 1.29 is 4.79 Å². The van der Waals surface area contributed by atoms with E-state index in [4.69, 9.17) is 12.2 Å². The van der Waals surface area contributed by atoms with Crippen molar-refractivity contribution in [1.29, 1.82) is 0 Å². The van der Waals surface area contributed by atoms with Crippen LogP contribution in [0.2, 0.25) is 0 Å². The first-order chi connectivity index (χ1) is 13.9.